The van der Waals surface area contributed by atoms with Crippen LogP contribution in [0.25, 0.3) is 0 Å². The molecule has 1 heterocycles. The van der Waals surface area contributed by atoms with E-state index in [1.54, 1.807) is 0 Å². The quantitative estimate of drug-likeness (QED) is 0.486. The molecular weight excluding hydrogens is 246 g/mol. The first-order chi connectivity index (χ1) is 8.77. The van der Waals surface area contributed by atoms with Gasteiger partial charge in [0.15, 0.2) is 12.4 Å². The van der Waals surface area contributed by atoms with Gasteiger partial charge >= 0.3 is 0 Å². The van der Waals surface area contributed by atoms with E-state index in [2.05, 4.69) is 19.9 Å². The number of aryl methyl sites for hydroxylation is 1. The van der Waals surface area contributed by atoms with Gasteiger partial charge in [-0.15, -0.1) is 0 Å². The zero-order valence-electron chi connectivity index (χ0n) is 11.6. The number of halogens is 1. The van der Waals surface area contributed by atoms with Crippen LogP contribution in [0.1, 0.15) is 51.5 Å². The molecule has 102 valence electrons. The number of pyridine rings is 1. The largest absolute Gasteiger partial charge is 0.323 e. The minimum Gasteiger partial charge on any atom is -0.323 e. The van der Waals surface area contributed by atoms with Crippen LogP contribution >= 0.6 is 11.6 Å². The number of hydrogen-bond donors (Lipinski definition) is 0. The number of nitrogens with zero attached hydrogens (tertiary/aromatic N) is 1. The molecule has 0 atom stereocenters. The van der Waals surface area contributed by atoms with Crippen molar-refractivity contribution in [3.8, 4) is 0 Å². The van der Waals surface area contributed by atoms with Gasteiger partial charge in [-0.05, 0) is 18.4 Å². The summed E-state index contributed by atoms with van der Waals surface area (Å²) in [6, 6.07) is 2.06. The predicted molar refractivity (Wildman–Crippen MR) is 75.7 cm³/mol. The highest BCUT2D eigenvalue weighted by atomic mass is 35.5. The van der Waals surface area contributed by atoms with E-state index >= 15 is 0 Å². The van der Waals surface area contributed by atoms with Crippen molar-refractivity contribution < 1.29 is 9.30 Å². The van der Waals surface area contributed by atoms with Gasteiger partial charge in [-0.1, -0.05) is 51.1 Å². The molecule has 0 saturated heterocycles. The highest BCUT2D eigenvalue weighted by Crippen LogP contribution is 2.12. The lowest BCUT2D eigenvalue weighted by Gasteiger charge is -2.03. The van der Waals surface area contributed by atoms with Crippen molar-refractivity contribution in [2.45, 2.75) is 59.1 Å². The van der Waals surface area contributed by atoms with Gasteiger partial charge in [0, 0.05) is 6.07 Å². The molecule has 1 aromatic heterocycles. The Morgan fingerprint density at radius 2 is 1.94 bits per heavy atom. The van der Waals surface area contributed by atoms with Gasteiger partial charge in [0.1, 0.15) is 5.02 Å². The summed E-state index contributed by atoms with van der Waals surface area (Å²) in [4.78, 5) is 0. The predicted octanol–water partition coefficient (Wildman–Crippen LogP) is 4.13. The molecule has 0 unspecified atom stereocenters. The molecule has 0 amide bonds. The number of hydrogen-bond acceptors (Lipinski definition) is 1. The van der Waals surface area contributed by atoms with Crippen LogP contribution in [0.5, 0.6) is 0 Å². The van der Waals surface area contributed by atoms with Crippen molar-refractivity contribution in [2.24, 2.45) is 0 Å². The van der Waals surface area contributed by atoms with Crippen LogP contribution in [0.4, 0.5) is 0 Å². The summed E-state index contributed by atoms with van der Waals surface area (Å²) in [5.74, 6) is 0. The topological polar surface area (TPSA) is 13.1 Å². The smallest absolute Gasteiger partial charge is 0.252 e. The summed E-state index contributed by atoms with van der Waals surface area (Å²) in [6.07, 6.45) is 11.3. The van der Waals surface area contributed by atoms with Crippen LogP contribution in [0.15, 0.2) is 18.5 Å². The third kappa shape index (κ3) is 5.83. The second-order valence-corrected chi connectivity index (χ2v) is 5.04. The van der Waals surface area contributed by atoms with E-state index in [1.165, 1.54) is 31.2 Å². The molecule has 0 N–H and O–H groups in total. The Morgan fingerprint density at radius 1 is 1.17 bits per heavy atom. The molecular formula is C15H25ClNO+. The summed E-state index contributed by atoms with van der Waals surface area (Å²) in [6.45, 7) is 5.77. The summed E-state index contributed by atoms with van der Waals surface area (Å²) in [5, 5.41) is 0.826. The van der Waals surface area contributed by atoms with E-state index in [1.807, 2.05) is 17.0 Å². The third-order valence-electron chi connectivity index (χ3n) is 3.07. The van der Waals surface area contributed by atoms with Crippen LogP contribution in [-0.4, -0.2) is 6.61 Å². The summed E-state index contributed by atoms with van der Waals surface area (Å²) >= 11 is 6.15. The van der Waals surface area contributed by atoms with Gasteiger partial charge in [0.25, 0.3) is 6.73 Å². The molecule has 0 aromatic carbocycles. The fourth-order valence-electron chi connectivity index (χ4n) is 1.88. The van der Waals surface area contributed by atoms with Gasteiger partial charge in [0.2, 0.25) is 0 Å². The lowest BCUT2D eigenvalue weighted by molar-refractivity contribution is -0.732. The van der Waals surface area contributed by atoms with Crippen LogP contribution in [-0.2, 0) is 17.9 Å². The van der Waals surface area contributed by atoms with E-state index in [4.69, 9.17) is 16.3 Å². The summed E-state index contributed by atoms with van der Waals surface area (Å²) < 4.78 is 7.63. The van der Waals surface area contributed by atoms with E-state index in [9.17, 15) is 0 Å². The zero-order chi connectivity index (χ0) is 13.2. The van der Waals surface area contributed by atoms with E-state index in [0.29, 0.717) is 6.73 Å². The third-order valence-corrected chi connectivity index (χ3v) is 3.41. The first-order valence-electron chi connectivity index (χ1n) is 7.03. The molecule has 0 radical (unpaired) electrons. The van der Waals surface area contributed by atoms with Crippen molar-refractivity contribution in [1.82, 2.24) is 0 Å². The Labute approximate surface area is 116 Å². The summed E-state index contributed by atoms with van der Waals surface area (Å²) in [5.41, 5.74) is 1.19. The molecule has 0 saturated carbocycles. The highest BCUT2D eigenvalue weighted by Gasteiger charge is 2.05. The minimum atomic E-state index is 0.595. The Kier molecular flexibility index (Phi) is 8.03. The number of ether oxygens (including phenoxy) is 1. The van der Waals surface area contributed by atoms with E-state index in [0.717, 1.165) is 24.5 Å². The molecule has 3 heteroatoms. The van der Waals surface area contributed by atoms with Crippen molar-refractivity contribution in [2.75, 3.05) is 6.61 Å². The second kappa shape index (κ2) is 9.35. The first-order valence-corrected chi connectivity index (χ1v) is 7.41. The fraction of sp³-hybridized carbons (Fsp3) is 0.667. The molecule has 0 spiro atoms. The molecule has 0 aliphatic rings. The molecule has 0 aliphatic heterocycles. The maximum absolute atomic E-state index is 6.15. The monoisotopic (exact) mass is 270 g/mol. The Hall–Kier alpha value is -0.600. The van der Waals surface area contributed by atoms with Gasteiger partial charge in [-0.2, -0.15) is 4.57 Å². The fourth-order valence-corrected chi connectivity index (χ4v) is 2.20. The maximum atomic E-state index is 6.15. The number of aromatic nitrogens is 1. The van der Waals surface area contributed by atoms with Gasteiger partial charge in [-0.25, -0.2) is 0 Å². The molecule has 18 heavy (non-hydrogen) atoms. The lowest BCUT2D eigenvalue weighted by Crippen LogP contribution is -2.34. The van der Waals surface area contributed by atoms with Crippen molar-refractivity contribution in [3.05, 3.63) is 29.0 Å². The van der Waals surface area contributed by atoms with Crippen molar-refractivity contribution in [3.63, 3.8) is 0 Å². The van der Waals surface area contributed by atoms with Crippen LogP contribution < -0.4 is 4.57 Å². The van der Waals surface area contributed by atoms with Crippen molar-refractivity contribution >= 4 is 11.6 Å². The Bertz CT molecular complexity index is 341. The van der Waals surface area contributed by atoms with Gasteiger partial charge in [-0.3, -0.25) is 0 Å². The summed E-state index contributed by atoms with van der Waals surface area (Å²) in [7, 11) is 0. The SMILES string of the molecule is CCCCCCCOC[n+]1ccc(CC)c(Cl)c1. The average molecular weight is 271 g/mol. The average Bonchev–Trinajstić information content (AvgIpc) is 2.38. The Morgan fingerprint density at radius 3 is 2.61 bits per heavy atom. The standard InChI is InChI=1S/C15H25ClNO/c1-3-5-6-7-8-11-18-13-17-10-9-14(4-2)15(16)12-17/h9-10,12H,3-8,11,13H2,1-2H3/q+1. The van der Waals surface area contributed by atoms with E-state index in [-0.39, 0.29) is 0 Å². The Balaban J connectivity index is 2.17. The molecule has 0 aliphatic carbocycles. The molecule has 1 aromatic rings. The molecule has 2 nitrogen and oxygen atoms in total. The highest BCUT2D eigenvalue weighted by molar-refractivity contribution is 6.31. The normalized spacial score (nSPS) is 10.8. The zero-order valence-corrected chi connectivity index (χ0v) is 12.4. The minimum absolute atomic E-state index is 0.595. The van der Waals surface area contributed by atoms with Crippen LogP contribution in [0.3, 0.4) is 0 Å². The first kappa shape index (κ1) is 15.5. The second-order valence-electron chi connectivity index (χ2n) is 4.64. The van der Waals surface area contributed by atoms with Gasteiger partial charge < -0.3 is 4.74 Å². The van der Waals surface area contributed by atoms with Crippen LogP contribution in [0.2, 0.25) is 5.02 Å². The number of unbranched alkanes of at least 4 members (excludes halogenated alkanes) is 4. The van der Waals surface area contributed by atoms with Crippen LogP contribution in [0, 0.1) is 0 Å². The molecule has 1 rings (SSSR count). The van der Waals surface area contributed by atoms with Crippen molar-refractivity contribution in [1.29, 1.82) is 0 Å². The lowest BCUT2D eigenvalue weighted by atomic mass is 10.2. The van der Waals surface area contributed by atoms with Gasteiger partial charge in [0.05, 0.1) is 6.61 Å². The molecule has 0 fully saturated rings. The maximum Gasteiger partial charge on any atom is 0.252 e. The van der Waals surface area contributed by atoms with E-state index < -0.39 is 0 Å². The molecule has 0 bridgehead atoms. The number of rotatable bonds is 9.